The minimum Gasteiger partial charge on any atom is -0.490 e. The van der Waals surface area contributed by atoms with E-state index < -0.39 is 6.10 Å². The van der Waals surface area contributed by atoms with Crippen LogP contribution in [0.25, 0.3) is 0 Å². The van der Waals surface area contributed by atoms with Crippen LogP contribution in [0.15, 0.2) is 29.6 Å². The van der Waals surface area contributed by atoms with Gasteiger partial charge in [-0.2, -0.15) is 0 Å². The number of hydrogen-bond acceptors (Lipinski definition) is 4. The largest absolute Gasteiger partial charge is 0.490 e. The zero-order chi connectivity index (χ0) is 12.5. The molecule has 0 aliphatic heterocycles. The van der Waals surface area contributed by atoms with Crippen LogP contribution in [-0.2, 0) is 0 Å². The lowest BCUT2D eigenvalue weighted by atomic mass is 10.1. The van der Waals surface area contributed by atoms with Crippen LogP contribution in [0.2, 0.25) is 0 Å². The molecule has 1 aliphatic carbocycles. The first-order valence-corrected chi connectivity index (χ1v) is 6.97. The van der Waals surface area contributed by atoms with Crippen molar-refractivity contribution in [2.45, 2.75) is 32.0 Å². The molecule has 1 aromatic heterocycles. The molecule has 1 saturated carbocycles. The Kier molecular flexibility index (Phi) is 3.06. The fourth-order valence-corrected chi connectivity index (χ4v) is 2.41. The first kappa shape index (κ1) is 11.7. The summed E-state index contributed by atoms with van der Waals surface area (Å²) in [5.41, 5.74) is 1.57. The van der Waals surface area contributed by atoms with Crippen LogP contribution in [0.3, 0.4) is 0 Å². The number of rotatable bonds is 4. The van der Waals surface area contributed by atoms with Crippen molar-refractivity contribution in [2.75, 3.05) is 0 Å². The number of benzene rings is 1. The third kappa shape index (κ3) is 2.54. The number of thiazole rings is 1. The number of aromatic nitrogens is 1. The highest BCUT2D eigenvalue weighted by Gasteiger charge is 2.23. The van der Waals surface area contributed by atoms with Crippen LogP contribution in [0.1, 0.15) is 35.2 Å². The predicted molar refractivity (Wildman–Crippen MR) is 71.0 cm³/mol. The van der Waals surface area contributed by atoms with Gasteiger partial charge in [0.1, 0.15) is 11.9 Å². The van der Waals surface area contributed by atoms with E-state index in [4.69, 9.17) is 4.74 Å². The standard InChI is InChI=1S/C14H15NO2S/c1-9-15-13(8-18-9)14(16)10-2-4-11(5-3-10)17-12-6-7-12/h2-5,8,12,14,16H,6-7H2,1H3. The second-order valence-corrected chi connectivity index (χ2v) is 5.64. The molecule has 1 aliphatic rings. The molecule has 1 aromatic carbocycles. The molecule has 1 atom stereocenters. The van der Waals surface area contributed by atoms with Crippen molar-refractivity contribution in [3.05, 3.63) is 45.9 Å². The van der Waals surface area contributed by atoms with Gasteiger partial charge in [0, 0.05) is 5.38 Å². The summed E-state index contributed by atoms with van der Waals surface area (Å²) in [6, 6.07) is 7.63. The highest BCUT2D eigenvalue weighted by atomic mass is 32.1. The Morgan fingerprint density at radius 3 is 2.61 bits per heavy atom. The molecule has 94 valence electrons. The van der Waals surface area contributed by atoms with Gasteiger partial charge in [0.05, 0.1) is 16.8 Å². The van der Waals surface area contributed by atoms with E-state index in [0.29, 0.717) is 11.8 Å². The molecule has 1 fully saturated rings. The van der Waals surface area contributed by atoms with Crippen molar-refractivity contribution < 1.29 is 9.84 Å². The minimum atomic E-state index is -0.648. The number of aliphatic hydroxyl groups excluding tert-OH is 1. The van der Waals surface area contributed by atoms with Crippen molar-refractivity contribution in [3.63, 3.8) is 0 Å². The molecule has 2 aromatic rings. The van der Waals surface area contributed by atoms with E-state index in [1.165, 1.54) is 0 Å². The first-order valence-electron chi connectivity index (χ1n) is 6.09. The van der Waals surface area contributed by atoms with Gasteiger partial charge < -0.3 is 9.84 Å². The van der Waals surface area contributed by atoms with Crippen LogP contribution >= 0.6 is 11.3 Å². The van der Waals surface area contributed by atoms with E-state index in [1.54, 1.807) is 11.3 Å². The van der Waals surface area contributed by atoms with Crippen LogP contribution in [0.4, 0.5) is 0 Å². The van der Waals surface area contributed by atoms with Crippen molar-refractivity contribution in [2.24, 2.45) is 0 Å². The maximum Gasteiger partial charge on any atom is 0.122 e. The van der Waals surface area contributed by atoms with Gasteiger partial charge in [-0.1, -0.05) is 12.1 Å². The Balaban J connectivity index is 1.74. The van der Waals surface area contributed by atoms with E-state index in [-0.39, 0.29) is 0 Å². The maximum atomic E-state index is 10.2. The topological polar surface area (TPSA) is 42.4 Å². The van der Waals surface area contributed by atoms with Crippen LogP contribution < -0.4 is 4.74 Å². The molecular formula is C14H15NO2S. The van der Waals surface area contributed by atoms with Gasteiger partial charge in [-0.15, -0.1) is 11.3 Å². The molecule has 1 heterocycles. The number of ether oxygens (including phenoxy) is 1. The summed E-state index contributed by atoms with van der Waals surface area (Å²) >= 11 is 1.55. The Morgan fingerprint density at radius 1 is 1.33 bits per heavy atom. The van der Waals surface area contributed by atoms with Crippen molar-refractivity contribution in [1.82, 2.24) is 4.98 Å². The monoisotopic (exact) mass is 261 g/mol. The smallest absolute Gasteiger partial charge is 0.122 e. The highest BCUT2D eigenvalue weighted by Crippen LogP contribution is 2.29. The summed E-state index contributed by atoms with van der Waals surface area (Å²) in [4.78, 5) is 4.31. The lowest BCUT2D eigenvalue weighted by Crippen LogP contribution is -2.01. The van der Waals surface area contributed by atoms with Crippen molar-refractivity contribution >= 4 is 11.3 Å². The molecular weight excluding hydrogens is 246 g/mol. The molecule has 0 bridgehead atoms. The predicted octanol–water partition coefficient (Wildman–Crippen LogP) is 3.07. The van der Waals surface area contributed by atoms with E-state index in [2.05, 4.69) is 4.98 Å². The average molecular weight is 261 g/mol. The molecule has 0 amide bonds. The minimum absolute atomic E-state index is 0.405. The summed E-state index contributed by atoms with van der Waals surface area (Å²) in [6.07, 6.45) is 2.07. The molecule has 4 heteroatoms. The van der Waals surface area contributed by atoms with Gasteiger partial charge in [-0.25, -0.2) is 4.98 Å². The van der Waals surface area contributed by atoms with Crippen LogP contribution in [0.5, 0.6) is 5.75 Å². The number of nitrogens with zero attached hydrogens (tertiary/aromatic N) is 1. The van der Waals surface area contributed by atoms with Gasteiger partial charge in [0.2, 0.25) is 0 Å². The molecule has 0 radical (unpaired) electrons. The molecule has 3 nitrogen and oxygen atoms in total. The highest BCUT2D eigenvalue weighted by molar-refractivity contribution is 7.09. The van der Waals surface area contributed by atoms with Gasteiger partial charge >= 0.3 is 0 Å². The van der Waals surface area contributed by atoms with E-state index >= 15 is 0 Å². The van der Waals surface area contributed by atoms with Crippen molar-refractivity contribution in [1.29, 1.82) is 0 Å². The Hall–Kier alpha value is -1.39. The Labute approximate surface area is 110 Å². The summed E-state index contributed by atoms with van der Waals surface area (Å²) < 4.78 is 5.67. The Bertz CT molecular complexity index is 531. The molecule has 18 heavy (non-hydrogen) atoms. The average Bonchev–Trinajstić information content (AvgIpc) is 3.09. The zero-order valence-electron chi connectivity index (χ0n) is 10.2. The Morgan fingerprint density at radius 2 is 2.06 bits per heavy atom. The molecule has 0 saturated heterocycles. The summed E-state index contributed by atoms with van der Waals surface area (Å²) in [6.45, 7) is 1.94. The second kappa shape index (κ2) is 4.71. The molecule has 3 rings (SSSR count). The van der Waals surface area contributed by atoms with Crippen LogP contribution in [0, 0.1) is 6.92 Å². The molecule has 0 spiro atoms. The van der Waals surface area contributed by atoms with Crippen molar-refractivity contribution in [3.8, 4) is 5.75 Å². The second-order valence-electron chi connectivity index (χ2n) is 4.58. The summed E-state index contributed by atoms with van der Waals surface area (Å²) in [5.74, 6) is 0.878. The zero-order valence-corrected chi connectivity index (χ0v) is 11.0. The van der Waals surface area contributed by atoms with E-state index in [9.17, 15) is 5.11 Å². The fourth-order valence-electron chi connectivity index (χ4n) is 1.78. The fraction of sp³-hybridized carbons (Fsp3) is 0.357. The third-order valence-electron chi connectivity index (χ3n) is 2.94. The number of aryl methyl sites for hydroxylation is 1. The normalized spacial score (nSPS) is 16.6. The van der Waals surface area contributed by atoms with Crippen LogP contribution in [-0.4, -0.2) is 16.2 Å². The molecule has 1 unspecified atom stereocenters. The SMILES string of the molecule is Cc1nc(C(O)c2ccc(OC3CC3)cc2)cs1. The van der Waals surface area contributed by atoms with Gasteiger partial charge in [0.15, 0.2) is 0 Å². The van der Waals surface area contributed by atoms with Gasteiger partial charge in [-0.3, -0.25) is 0 Å². The van der Waals surface area contributed by atoms with E-state index in [0.717, 1.165) is 29.2 Å². The summed E-state index contributed by atoms with van der Waals surface area (Å²) in [5, 5.41) is 13.1. The van der Waals surface area contributed by atoms with Gasteiger partial charge in [-0.05, 0) is 37.5 Å². The first-order chi connectivity index (χ1) is 8.72. The molecule has 1 N–H and O–H groups in total. The number of hydrogen-bond donors (Lipinski definition) is 1. The number of aliphatic hydroxyl groups is 1. The van der Waals surface area contributed by atoms with Gasteiger partial charge in [0.25, 0.3) is 0 Å². The lowest BCUT2D eigenvalue weighted by molar-refractivity contribution is 0.215. The quantitative estimate of drug-likeness (QED) is 0.919. The third-order valence-corrected chi connectivity index (χ3v) is 3.73. The lowest BCUT2D eigenvalue weighted by Gasteiger charge is -2.10. The summed E-state index contributed by atoms with van der Waals surface area (Å²) in [7, 11) is 0. The maximum absolute atomic E-state index is 10.2. The van der Waals surface area contributed by atoms with E-state index in [1.807, 2.05) is 36.6 Å².